The van der Waals surface area contributed by atoms with Crippen LogP contribution in [-0.4, -0.2) is 66.7 Å². The Bertz CT molecular complexity index is 848. The molecule has 1 fully saturated rings. The Labute approximate surface area is 163 Å². The van der Waals surface area contributed by atoms with Crippen LogP contribution < -0.4 is 4.74 Å². The number of fused-ring (bicyclic) bond motifs is 1. The third-order valence-electron chi connectivity index (χ3n) is 5.02. The van der Waals surface area contributed by atoms with Crippen molar-refractivity contribution in [3.63, 3.8) is 0 Å². The fraction of sp³-hybridized carbons (Fsp3) is 0.500. The van der Waals surface area contributed by atoms with Gasteiger partial charge in [0.05, 0.1) is 33.0 Å². The Kier molecular flexibility index (Phi) is 5.59. The maximum absolute atomic E-state index is 14.4. The summed E-state index contributed by atoms with van der Waals surface area (Å²) in [5.74, 6) is -0.397. The highest BCUT2D eigenvalue weighted by molar-refractivity contribution is 5.99. The van der Waals surface area contributed by atoms with Crippen molar-refractivity contribution in [3.05, 3.63) is 35.6 Å². The van der Waals surface area contributed by atoms with Gasteiger partial charge in [-0.2, -0.15) is 5.10 Å². The molecule has 1 saturated heterocycles. The Hall–Kier alpha value is -2.45. The fourth-order valence-corrected chi connectivity index (χ4v) is 3.70. The lowest BCUT2D eigenvalue weighted by atomic mass is 10.1. The summed E-state index contributed by atoms with van der Waals surface area (Å²) in [7, 11) is 0. The number of hydrogen-bond acceptors (Lipinski definition) is 6. The summed E-state index contributed by atoms with van der Waals surface area (Å²) in [6.07, 6.45) is 0. The smallest absolute Gasteiger partial charge is 0.345 e. The molecule has 0 amide bonds. The molecule has 0 saturated carbocycles. The Morgan fingerprint density at radius 3 is 2.86 bits per heavy atom. The number of nitrogens with zero attached hydrogens (tertiary/aromatic N) is 3. The van der Waals surface area contributed by atoms with Crippen LogP contribution in [0.5, 0.6) is 5.88 Å². The summed E-state index contributed by atoms with van der Waals surface area (Å²) >= 11 is 0. The first-order valence-corrected chi connectivity index (χ1v) is 9.63. The van der Waals surface area contributed by atoms with Gasteiger partial charge >= 0.3 is 5.97 Å². The summed E-state index contributed by atoms with van der Waals surface area (Å²) in [5, 5.41) is 4.54. The standard InChI is InChI=1S/C20H24FN3O4/c1-2-27-20(25)17-18(15-5-3-4-6-16(15)21)22-24-12-14(13-28-19(17)24)11-23-7-9-26-10-8-23/h3-6,14H,2,7-13H2,1H3. The average molecular weight is 389 g/mol. The van der Waals surface area contributed by atoms with E-state index in [1.165, 1.54) is 6.07 Å². The van der Waals surface area contributed by atoms with Gasteiger partial charge in [-0.15, -0.1) is 0 Å². The molecule has 150 valence electrons. The molecule has 0 radical (unpaired) electrons. The molecule has 28 heavy (non-hydrogen) atoms. The lowest BCUT2D eigenvalue weighted by Gasteiger charge is -2.32. The highest BCUT2D eigenvalue weighted by atomic mass is 19.1. The molecule has 0 bridgehead atoms. The van der Waals surface area contributed by atoms with Crippen molar-refractivity contribution in [3.8, 4) is 17.1 Å². The predicted molar refractivity (Wildman–Crippen MR) is 99.8 cm³/mol. The molecule has 1 atom stereocenters. The zero-order chi connectivity index (χ0) is 19.5. The molecule has 2 aliphatic heterocycles. The van der Waals surface area contributed by atoms with Crippen LogP contribution in [-0.2, 0) is 16.0 Å². The molecule has 8 heteroatoms. The summed E-state index contributed by atoms with van der Waals surface area (Å²) < 4.78 is 32.6. The molecule has 1 aromatic carbocycles. The first-order valence-electron chi connectivity index (χ1n) is 9.63. The number of ether oxygens (including phenoxy) is 3. The molecular weight excluding hydrogens is 365 g/mol. The summed E-state index contributed by atoms with van der Waals surface area (Å²) in [6.45, 7) is 7.19. The monoisotopic (exact) mass is 389 g/mol. The maximum atomic E-state index is 14.4. The maximum Gasteiger partial charge on any atom is 0.345 e. The number of carbonyl (C=O) groups is 1. The van der Waals surface area contributed by atoms with E-state index in [0.29, 0.717) is 19.0 Å². The molecule has 0 N–H and O–H groups in total. The number of carbonyl (C=O) groups excluding carboxylic acids is 1. The molecule has 2 aromatic rings. The second kappa shape index (κ2) is 8.28. The average Bonchev–Trinajstić information content (AvgIpc) is 3.08. The number of morpholine rings is 1. The second-order valence-corrected chi connectivity index (χ2v) is 7.00. The Morgan fingerprint density at radius 2 is 2.11 bits per heavy atom. The van der Waals surface area contributed by atoms with Crippen molar-refractivity contribution in [1.82, 2.24) is 14.7 Å². The lowest BCUT2D eigenvalue weighted by Crippen LogP contribution is -2.42. The van der Waals surface area contributed by atoms with Crippen LogP contribution in [0, 0.1) is 11.7 Å². The summed E-state index contributed by atoms with van der Waals surface area (Å²) in [6, 6.07) is 6.28. The number of halogens is 1. The van der Waals surface area contributed by atoms with Crippen molar-refractivity contribution in [2.24, 2.45) is 5.92 Å². The molecule has 2 aliphatic rings. The zero-order valence-corrected chi connectivity index (χ0v) is 15.9. The van der Waals surface area contributed by atoms with E-state index in [1.54, 1.807) is 29.8 Å². The molecule has 1 unspecified atom stereocenters. The lowest BCUT2D eigenvalue weighted by molar-refractivity contribution is 0.0199. The van der Waals surface area contributed by atoms with Gasteiger partial charge in [-0.05, 0) is 19.1 Å². The first-order chi connectivity index (χ1) is 13.7. The van der Waals surface area contributed by atoms with Crippen molar-refractivity contribution in [2.45, 2.75) is 13.5 Å². The van der Waals surface area contributed by atoms with Crippen molar-refractivity contribution in [1.29, 1.82) is 0 Å². The van der Waals surface area contributed by atoms with Gasteiger partial charge in [0.2, 0.25) is 5.88 Å². The van der Waals surface area contributed by atoms with E-state index in [9.17, 15) is 9.18 Å². The first kappa shape index (κ1) is 18.9. The van der Waals surface area contributed by atoms with Gasteiger partial charge in [0.15, 0.2) is 0 Å². The Morgan fingerprint density at radius 1 is 1.32 bits per heavy atom. The quantitative estimate of drug-likeness (QED) is 0.731. The van der Waals surface area contributed by atoms with Gasteiger partial charge in [0.25, 0.3) is 0 Å². The normalized spacial score (nSPS) is 19.7. The topological polar surface area (TPSA) is 65.8 Å². The van der Waals surface area contributed by atoms with Crippen molar-refractivity contribution >= 4 is 5.97 Å². The molecule has 7 nitrogen and oxygen atoms in total. The number of esters is 1. The fourth-order valence-electron chi connectivity index (χ4n) is 3.70. The summed E-state index contributed by atoms with van der Waals surface area (Å²) in [4.78, 5) is 14.9. The number of rotatable bonds is 5. The Balaban J connectivity index is 1.64. The van der Waals surface area contributed by atoms with E-state index in [2.05, 4.69) is 10.00 Å². The zero-order valence-electron chi connectivity index (χ0n) is 15.9. The third kappa shape index (κ3) is 3.74. The highest BCUT2D eigenvalue weighted by Crippen LogP contribution is 2.35. The minimum Gasteiger partial charge on any atom is -0.477 e. The molecule has 4 rings (SSSR count). The van der Waals surface area contributed by atoms with Gasteiger partial charge in [-0.1, -0.05) is 12.1 Å². The number of aromatic nitrogens is 2. The molecule has 1 aromatic heterocycles. The van der Waals surface area contributed by atoms with Crippen LogP contribution >= 0.6 is 0 Å². The molecule has 0 spiro atoms. The van der Waals surface area contributed by atoms with E-state index in [4.69, 9.17) is 14.2 Å². The largest absolute Gasteiger partial charge is 0.477 e. The van der Waals surface area contributed by atoms with E-state index in [-0.39, 0.29) is 29.3 Å². The van der Waals surface area contributed by atoms with Crippen molar-refractivity contribution < 1.29 is 23.4 Å². The van der Waals surface area contributed by atoms with Gasteiger partial charge < -0.3 is 14.2 Å². The van der Waals surface area contributed by atoms with Gasteiger partial charge in [-0.3, -0.25) is 4.90 Å². The van der Waals surface area contributed by atoms with Crippen molar-refractivity contribution in [2.75, 3.05) is 46.1 Å². The van der Waals surface area contributed by atoms with E-state index >= 15 is 0 Å². The SMILES string of the molecule is CCOC(=O)c1c(-c2ccccc2F)nn2c1OCC(CN1CCOCC1)C2. The van der Waals surface area contributed by atoms with Crippen LogP contribution in [0.1, 0.15) is 17.3 Å². The van der Waals surface area contributed by atoms with Crippen LogP contribution in [0.3, 0.4) is 0 Å². The highest BCUT2D eigenvalue weighted by Gasteiger charge is 2.33. The van der Waals surface area contributed by atoms with E-state index < -0.39 is 11.8 Å². The van der Waals surface area contributed by atoms with Crippen LogP contribution in [0.2, 0.25) is 0 Å². The minimum absolute atomic E-state index is 0.191. The van der Waals surface area contributed by atoms with Crippen LogP contribution in [0.25, 0.3) is 11.3 Å². The molecular formula is C20H24FN3O4. The molecule has 0 aliphatic carbocycles. The summed E-state index contributed by atoms with van der Waals surface area (Å²) in [5.41, 5.74) is 0.719. The predicted octanol–water partition coefficient (Wildman–Crippen LogP) is 2.21. The van der Waals surface area contributed by atoms with Gasteiger partial charge in [0, 0.05) is 31.1 Å². The van der Waals surface area contributed by atoms with Gasteiger partial charge in [-0.25, -0.2) is 13.9 Å². The van der Waals surface area contributed by atoms with E-state index in [1.807, 2.05) is 0 Å². The van der Waals surface area contributed by atoms with E-state index in [0.717, 1.165) is 32.8 Å². The number of benzene rings is 1. The van der Waals surface area contributed by atoms with Crippen LogP contribution in [0.4, 0.5) is 4.39 Å². The van der Waals surface area contributed by atoms with Crippen LogP contribution in [0.15, 0.2) is 24.3 Å². The minimum atomic E-state index is -0.548. The van der Waals surface area contributed by atoms with Gasteiger partial charge in [0.1, 0.15) is 17.1 Å². The molecule has 3 heterocycles. The third-order valence-corrected chi connectivity index (χ3v) is 5.02. The second-order valence-electron chi connectivity index (χ2n) is 7.00. The number of hydrogen-bond donors (Lipinski definition) is 0.